The van der Waals surface area contributed by atoms with Gasteiger partial charge >= 0.3 is 107 Å². The number of amides is 1. The van der Waals surface area contributed by atoms with E-state index in [1.165, 1.54) is 6.92 Å². The molecule has 3 rings (SSSR count). The molecule has 1 heterocycles. The summed E-state index contributed by atoms with van der Waals surface area (Å²) in [7, 11) is 0. The van der Waals surface area contributed by atoms with E-state index in [9.17, 15) is 9.59 Å². The van der Waals surface area contributed by atoms with Crippen molar-refractivity contribution in [3.8, 4) is 0 Å². The van der Waals surface area contributed by atoms with E-state index in [0.717, 1.165) is 22.0 Å². The summed E-state index contributed by atoms with van der Waals surface area (Å²) < 4.78 is 8.26. The zero-order valence-electron chi connectivity index (χ0n) is 9.35. The van der Waals surface area contributed by atoms with Crippen molar-refractivity contribution in [3.63, 3.8) is 0 Å². The molecule has 2 aliphatic rings. The fourth-order valence-electron chi connectivity index (χ4n) is 1.83. The minimum atomic E-state index is -2.27. The molecule has 0 bridgehead atoms. The van der Waals surface area contributed by atoms with Crippen LogP contribution >= 0.6 is 20.5 Å². The second-order valence-electron chi connectivity index (χ2n) is 4.13. The average Bonchev–Trinajstić information content (AvgIpc) is 3.08. The molecule has 0 saturated heterocycles. The molecule has 17 heavy (non-hydrogen) atoms. The first kappa shape index (κ1) is 11.0. The van der Waals surface area contributed by atoms with Gasteiger partial charge in [-0.2, -0.15) is 0 Å². The zero-order chi connectivity index (χ0) is 12.0. The third kappa shape index (κ3) is 1.82. The van der Waals surface area contributed by atoms with Crippen molar-refractivity contribution in [1.29, 1.82) is 0 Å². The predicted molar refractivity (Wildman–Crippen MR) is 70.1 cm³/mol. The van der Waals surface area contributed by atoms with Gasteiger partial charge in [-0.1, -0.05) is 0 Å². The molecule has 4 nitrogen and oxygen atoms in total. The average molecular weight is 345 g/mol. The van der Waals surface area contributed by atoms with Gasteiger partial charge in [-0.05, 0) is 0 Å². The molecule has 1 amide bonds. The summed E-state index contributed by atoms with van der Waals surface area (Å²) in [5.41, 5.74) is 0.728. The quantitative estimate of drug-likeness (QED) is 0.611. The number of hydrogen-bond acceptors (Lipinski definition) is 3. The molecular weight excluding hydrogens is 333 g/mol. The van der Waals surface area contributed by atoms with Gasteiger partial charge in [0, 0.05) is 0 Å². The van der Waals surface area contributed by atoms with Crippen LogP contribution < -0.4 is 0 Å². The maximum atomic E-state index is 12.2. The van der Waals surface area contributed by atoms with E-state index < -0.39 is 20.5 Å². The molecule has 0 radical (unpaired) electrons. The number of carbonyl (C=O) groups excluding carboxylic acids is 2. The summed E-state index contributed by atoms with van der Waals surface area (Å²) in [6.07, 6.45) is 2.07. The molecule has 5 heteroatoms. The molecule has 0 unspecified atom stereocenters. The van der Waals surface area contributed by atoms with E-state index in [1.807, 2.05) is 27.4 Å². The summed E-state index contributed by atoms with van der Waals surface area (Å²) in [5, 5.41) is 0. The Kier molecular flexibility index (Phi) is 2.57. The number of benzene rings is 1. The molecule has 0 atom stereocenters. The van der Waals surface area contributed by atoms with Crippen LogP contribution in [0.2, 0.25) is 0 Å². The molecule has 1 fully saturated rings. The summed E-state index contributed by atoms with van der Waals surface area (Å²) in [4.78, 5) is 23.4. The monoisotopic (exact) mass is 345 g/mol. The van der Waals surface area contributed by atoms with Crippen LogP contribution in [0.5, 0.6) is 0 Å². The van der Waals surface area contributed by atoms with E-state index >= 15 is 0 Å². The van der Waals surface area contributed by atoms with Gasteiger partial charge in [-0.25, -0.2) is 0 Å². The van der Waals surface area contributed by atoms with Crippen molar-refractivity contribution in [2.24, 2.45) is 0 Å². The summed E-state index contributed by atoms with van der Waals surface area (Å²) >= 11 is -2.27. The maximum absolute atomic E-state index is 12.2. The molecule has 1 saturated carbocycles. The summed E-state index contributed by atoms with van der Waals surface area (Å²) in [5.74, 6) is -0.236. The summed E-state index contributed by atoms with van der Waals surface area (Å²) in [6.45, 7) is 1.41. The Morgan fingerprint density at radius 2 is 2.12 bits per heavy atom. The Bertz CT molecular complexity index is 498. The van der Waals surface area contributed by atoms with Crippen LogP contribution in [0, 0.1) is 3.57 Å². The minimum absolute atomic E-state index is 0.0505. The Labute approximate surface area is 107 Å². The van der Waals surface area contributed by atoms with Crippen LogP contribution in [0.1, 0.15) is 30.1 Å². The van der Waals surface area contributed by atoms with Crippen molar-refractivity contribution in [2.75, 3.05) is 0 Å². The van der Waals surface area contributed by atoms with E-state index in [0.29, 0.717) is 6.04 Å². The van der Waals surface area contributed by atoms with Crippen LogP contribution in [0.25, 0.3) is 0 Å². The van der Waals surface area contributed by atoms with Gasteiger partial charge in [0.2, 0.25) is 0 Å². The van der Waals surface area contributed by atoms with Gasteiger partial charge in [0.05, 0.1) is 0 Å². The Morgan fingerprint density at radius 1 is 1.41 bits per heavy atom. The number of hydrogen-bond donors (Lipinski definition) is 0. The van der Waals surface area contributed by atoms with Crippen molar-refractivity contribution in [3.05, 3.63) is 33.4 Å². The molecule has 0 aromatic heterocycles. The van der Waals surface area contributed by atoms with Crippen LogP contribution in [0.3, 0.4) is 0 Å². The van der Waals surface area contributed by atoms with Gasteiger partial charge in [0.25, 0.3) is 0 Å². The van der Waals surface area contributed by atoms with E-state index in [1.54, 1.807) is 0 Å². The summed E-state index contributed by atoms with van der Waals surface area (Å²) in [6, 6.07) is 7.81. The van der Waals surface area contributed by atoms with Crippen LogP contribution in [0.15, 0.2) is 24.3 Å². The first-order chi connectivity index (χ1) is 8.18. The molecule has 1 aromatic rings. The third-order valence-corrected chi connectivity index (χ3v) is 7.83. The first-order valence-electron chi connectivity index (χ1n) is 5.50. The number of halogens is 1. The molecule has 90 valence electrons. The Morgan fingerprint density at radius 3 is 2.76 bits per heavy atom. The van der Waals surface area contributed by atoms with Gasteiger partial charge in [0.15, 0.2) is 0 Å². The van der Waals surface area contributed by atoms with Gasteiger partial charge in [0.1, 0.15) is 0 Å². The number of rotatable bonds is 2. The second kappa shape index (κ2) is 3.97. The van der Waals surface area contributed by atoms with E-state index in [2.05, 4.69) is 0 Å². The Hall–Kier alpha value is -1.11. The molecular formula is C12H12INO3. The van der Waals surface area contributed by atoms with Crippen molar-refractivity contribution >= 4 is 32.4 Å². The van der Waals surface area contributed by atoms with Crippen LogP contribution in [-0.4, -0.2) is 21.0 Å². The van der Waals surface area contributed by atoms with Gasteiger partial charge < -0.3 is 0 Å². The topological polar surface area (TPSA) is 46.6 Å². The van der Waals surface area contributed by atoms with Gasteiger partial charge in [-0.15, -0.1) is 0 Å². The first-order valence-corrected chi connectivity index (χ1v) is 8.42. The molecule has 0 N–H and O–H groups in total. The van der Waals surface area contributed by atoms with Gasteiger partial charge in [-0.3, -0.25) is 0 Å². The fraction of sp³-hybridized carbons (Fsp3) is 0.333. The van der Waals surface area contributed by atoms with E-state index in [4.69, 9.17) is 3.07 Å². The number of carbonyl (C=O) groups is 2. The fourth-order valence-corrected chi connectivity index (χ4v) is 6.78. The molecule has 0 spiro atoms. The van der Waals surface area contributed by atoms with Crippen LogP contribution in [0.4, 0.5) is 0 Å². The molecule has 1 aliphatic carbocycles. The zero-order valence-corrected chi connectivity index (χ0v) is 11.5. The SMILES string of the molecule is CC(=O)OI1c2ccccc2C(=O)N1C1CC1. The molecule has 1 aliphatic heterocycles. The second-order valence-corrected chi connectivity index (χ2v) is 8.09. The third-order valence-electron chi connectivity index (χ3n) is 2.69. The van der Waals surface area contributed by atoms with Crippen molar-refractivity contribution < 1.29 is 12.7 Å². The number of fused-ring (bicyclic) bond motifs is 1. The standard InChI is InChI=1S/C12H12INO3/c1-8(15)17-13-11-5-3-2-4-10(11)12(16)14(13)9-6-7-9/h2-5,9H,6-7H2,1H3. The van der Waals surface area contributed by atoms with Crippen molar-refractivity contribution in [1.82, 2.24) is 3.11 Å². The van der Waals surface area contributed by atoms with Crippen LogP contribution in [-0.2, 0) is 7.86 Å². The molecule has 1 aromatic carbocycles. The van der Waals surface area contributed by atoms with Crippen molar-refractivity contribution in [2.45, 2.75) is 25.8 Å². The normalized spacial score (nSPS) is 20.4. The Balaban J connectivity index is 2.02. The predicted octanol–water partition coefficient (Wildman–Crippen LogP) is 2.37. The van der Waals surface area contributed by atoms with E-state index in [-0.39, 0.29) is 11.9 Å². The number of nitrogens with zero attached hydrogens (tertiary/aromatic N) is 1.